The summed E-state index contributed by atoms with van der Waals surface area (Å²) in [6.07, 6.45) is 0.956. The van der Waals surface area contributed by atoms with Crippen LogP contribution in [0.3, 0.4) is 0 Å². The number of benzene rings is 1. The van der Waals surface area contributed by atoms with Crippen LogP contribution >= 0.6 is 11.6 Å². The molecular weight excluding hydrogens is 234 g/mol. The SMILES string of the molecule is CCCNC(=O)C(c1ccc(Cl)cc1)C(C)C. The van der Waals surface area contributed by atoms with Crippen LogP contribution in [0.5, 0.6) is 0 Å². The van der Waals surface area contributed by atoms with E-state index in [9.17, 15) is 4.79 Å². The maximum atomic E-state index is 12.1. The molecule has 1 atom stereocenters. The molecule has 1 unspecified atom stereocenters. The lowest BCUT2D eigenvalue weighted by Crippen LogP contribution is -2.32. The van der Waals surface area contributed by atoms with Gasteiger partial charge in [-0.25, -0.2) is 0 Å². The summed E-state index contributed by atoms with van der Waals surface area (Å²) in [7, 11) is 0. The second kappa shape index (κ2) is 6.65. The van der Waals surface area contributed by atoms with Gasteiger partial charge in [-0.2, -0.15) is 0 Å². The maximum Gasteiger partial charge on any atom is 0.227 e. The van der Waals surface area contributed by atoms with Gasteiger partial charge >= 0.3 is 0 Å². The Labute approximate surface area is 108 Å². The van der Waals surface area contributed by atoms with Crippen molar-refractivity contribution < 1.29 is 4.79 Å². The Morgan fingerprint density at radius 2 is 1.88 bits per heavy atom. The number of hydrogen-bond donors (Lipinski definition) is 1. The number of nitrogens with one attached hydrogen (secondary N) is 1. The molecule has 17 heavy (non-hydrogen) atoms. The monoisotopic (exact) mass is 253 g/mol. The first-order valence-electron chi connectivity index (χ1n) is 6.09. The lowest BCUT2D eigenvalue weighted by Gasteiger charge is -2.20. The zero-order valence-corrected chi connectivity index (χ0v) is 11.4. The molecule has 1 aromatic carbocycles. The fourth-order valence-corrected chi connectivity index (χ4v) is 1.99. The quantitative estimate of drug-likeness (QED) is 0.854. The molecule has 0 aliphatic carbocycles. The Kier molecular flexibility index (Phi) is 5.49. The van der Waals surface area contributed by atoms with Gasteiger partial charge < -0.3 is 5.32 Å². The minimum atomic E-state index is -0.0983. The lowest BCUT2D eigenvalue weighted by molar-refractivity contribution is -0.123. The summed E-state index contributed by atoms with van der Waals surface area (Å²) in [5.74, 6) is 0.274. The molecule has 3 heteroatoms. The van der Waals surface area contributed by atoms with Gasteiger partial charge in [-0.05, 0) is 30.0 Å². The molecule has 0 saturated heterocycles. The van der Waals surface area contributed by atoms with Crippen LogP contribution in [-0.4, -0.2) is 12.5 Å². The molecule has 0 heterocycles. The third kappa shape index (κ3) is 4.04. The van der Waals surface area contributed by atoms with Crippen LogP contribution in [0.1, 0.15) is 38.7 Å². The van der Waals surface area contributed by atoms with E-state index in [2.05, 4.69) is 19.2 Å². The number of halogens is 1. The summed E-state index contributed by atoms with van der Waals surface area (Å²) in [5, 5.41) is 3.65. The van der Waals surface area contributed by atoms with Gasteiger partial charge in [0.25, 0.3) is 0 Å². The molecule has 0 bridgehead atoms. The predicted molar refractivity (Wildman–Crippen MR) is 72.3 cm³/mol. The van der Waals surface area contributed by atoms with E-state index < -0.39 is 0 Å². The molecule has 0 fully saturated rings. The molecule has 1 amide bonds. The Bertz CT molecular complexity index is 359. The highest BCUT2D eigenvalue weighted by molar-refractivity contribution is 6.30. The van der Waals surface area contributed by atoms with Crippen LogP contribution in [0, 0.1) is 5.92 Å². The second-order valence-electron chi connectivity index (χ2n) is 4.56. The van der Waals surface area contributed by atoms with Gasteiger partial charge in [0, 0.05) is 11.6 Å². The molecule has 94 valence electrons. The highest BCUT2D eigenvalue weighted by atomic mass is 35.5. The van der Waals surface area contributed by atoms with Crippen molar-refractivity contribution >= 4 is 17.5 Å². The molecule has 0 aliphatic rings. The van der Waals surface area contributed by atoms with Crippen LogP contribution in [-0.2, 0) is 4.79 Å². The Morgan fingerprint density at radius 3 is 2.35 bits per heavy atom. The summed E-state index contributed by atoms with van der Waals surface area (Å²) >= 11 is 5.86. The van der Waals surface area contributed by atoms with Crippen molar-refractivity contribution in [3.05, 3.63) is 34.9 Å². The van der Waals surface area contributed by atoms with Gasteiger partial charge in [0.05, 0.1) is 5.92 Å². The summed E-state index contributed by atoms with van der Waals surface area (Å²) < 4.78 is 0. The van der Waals surface area contributed by atoms with Crippen LogP contribution in [0.15, 0.2) is 24.3 Å². The first-order chi connectivity index (χ1) is 8.06. The normalized spacial score (nSPS) is 12.5. The minimum Gasteiger partial charge on any atom is -0.356 e. The fraction of sp³-hybridized carbons (Fsp3) is 0.500. The van der Waals surface area contributed by atoms with E-state index in [1.807, 2.05) is 31.2 Å². The zero-order valence-electron chi connectivity index (χ0n) is 10.7. The Morgan fingerprint density at radius 1 is 1.29 bits per heavy atom. The van der Waals surface area contributed by atoms with Gasteiger partial charge in [-0.1, -0.05) is 44.5 Å². The molecular formula is C14H20ClNO. The highest BCUT2D eigenvalue weighted by Gasteiger charge is 2.23. The molecule has 1 rings (SSSR count). The molecule has 0 saturated carbocycles. The molecule has 1 aromatic rings. The maximum absolute atomic E-state index is 12.1. The smallest absolute Gasteiger partial charge is 0.227 e. The van der Waals surface area contributed by atoms with Gasteiger partial charge in [0.2, 0.25) is 5.91 Å². The number of carbonyl (C=O) groups excluding carboxylic acids is 1. The van der Waals surface area contributed by atoms with E-state index in [-0.39, 0.29) is 17.7 Å². The van der Waals surface area contributed by atoms with E-state index in [0.29, 0.717) is 5.02 Å². The van der Waals surface area contributed by atoms with Crippen molar-refractivity contribution in [2.24, 2.45) is 5.92 Å². The Balaban J connectivity index is 2.85. The lowest BCUT2D eigenvalue weighted by atomic mass is 9.87. The largest absolute Gasteiger partial charge is 0.356 e. The van der Waals surface area contributed by atoms with E-state index in [1.54, 1.807) is 0 Å². The van der Waals surface area contributed by atoms with E-state index in [1.165, 1.54) is 0 Å². The average molecular weight is 254 g/mol. The van der Waals surface area contributed by atoms with Crippen molar-refractivity contribution in [2.75, 3.05) is 6.54 Å². The molecule has 0 aliphatic heterocycles. The van der Waals surface area contributed by atoms with Gasteiger partial charge in [-0.15, -0.1) is 0 Å². The van der Waals surface area contributed by atoms with Crippen molar-refractivity contribution in [1.82, 2.24) is 5.32 Å². The molecule has 0 spiro atoms. The fourth-order valence-electron chi connectivity index (χ4n) is 1.87. The third-order valence-corrected chi connectivity index (χ3v) is 2.98. The molecule has 0 radical (unpaired) electrons. The Hall–Kier alpha value is -1.02. The van der Waals surface area contributed by atoms with Crippen LogP contribution < -0.4 is 5.32 Å². The number of amides is 1. The highest BCUT2D eigenvalue weighted by Crippen LogP contribution is 2.25. The first-order valence-corrected chi connectivity index (χ1v) is 6.47. The number of carbonyl (C=O) groups is 1. The van der Waals surface area contributed by atoms with Gasteiger partial charge in [-0.3, -0.25) is 4.79 Å². The van der Waals surface area contributed by atoms with Crippen molar-refractivity contribution in [3.8, 4) is 0 Å². The van der Waals surface area contributed by atoms with E-state index >= 15 is 0 Å². The molecule has 2 nitrogen and oxygen atoms in total. The third-order valence-electron chi connectivity index (χ3n) is 2.73. The van der Waals surface area contributed by atoms with Crippen LogP contribution in [0.25, 0.3) is 0 Å². The average Bonchev–Trinajstić information content (AvgIpc) is 2.29. The topological polar surface area (TPSA) is 29.1 Å². The summed E-state index contributed by atoms with van der Waals surface area (Å²) in [4.78, 5) is 12.1. The molecule has 1 N–H and O–H groups in total. The van der Waals surface area contributed by atoms with Crippen molar-refractivity contribution in [1.29, 1.82) is 0 Å². The van der Waals surface area contributed by atoms with Crippen molar-refractivity contribution in [3.63, 3.8) is 0 Å². The van der Waals surface area contributed by atoms with Crippen LogP contribution in [0.2, 0.25) is 5.02 Å². The predicted octanol–water partition coefficient (Wildman–Crippen LogP) is 3.61. The van der Waals surface area contributed by atoms with Crippen LogP contribution in [0.4, 0.5) is 0 Å². The van der Waals surface area contributed by atoms with Gasteiger partial charge in [0.1, 0.15) is 0 Å². The van der Waals surface area contributed by atoms with E-state index in [4.69, 9.17) is 11.6 Å². The first kappa shape index (κ1) is 14.0. The second-order valence-corrected chi connectivity index (χ2v) is 5.00. The standard InChI is InChI=1S/C14H20ClNO/c1-4-9-16-14(17)13(10(2)3)11-5-7-12(15)8-6-11/h5-8,10,13H,4,9H2,1-3H3,(H,16,17). The van der Waals surface area contributed by atoms with Gasteiger partial charge in [0.15, 0.2) is 0 Å². The summed E-state index contributed by atoms with van der Waals surface area (Å²) in [6.45, 7) is 6.90. The van der Waals surface area contributed by atoms with Crippen molar-refractivity contribution in [2.45, 2.75) is 33.1 Å². The number of hydrogen-bond acceptors (Lipinski definition) is 1. The number of rotatable bonds is 5. The minimum absolute atomic E-state index is 0.0983. The zero-order chi connectivity index (χ0) is 12.8. The van der Waals surface area contributed by atoms with E-state index in [0.717, 1.165) is 18.5 Å². The summed E-state index contributed by atoms with van der Waals surface area (Å²) in [5.41, 5.74) is 1.03. The molecule has 0 aromatic heterocycles. The summed E-state index contributed by atoms with van der Waals surface area (Å²) in [6, 6.07) is 7.52.